The average Bonchev–Trinajstić information content (AvgIpc) is 2.80. The zero-order valence-electron chi connectivity index (χ0n) is 8.82. The van der Waals surface area contributed by atoms with E-state index in [-0.39, 0.29) is 0 Å². The molecule has 1 aliphatic rings. The van der Waals surface area contributed by atoms with Crippen molar-refractivity contribution in [3.8, 4) is 0 Å². The van der Waals surface area contributed by atoms with Crippen LogP contribution in [-0.2, 0) is 16.0 Å². The maximum Gasteiger partial charge on any atom is 0.120 e. The number of carbonyl (C=O) groups excluding carboxylic acids is 1. The van der Waals surface area contributed by atoms with Crippen LogP contribution >= 0.6 is 0 Å². The fraction of sp³-hybridized carbons (Fsp3) is 0.462. The van der Waals surface area contributed by atoms with E-state index in [0.29, 0.717) is 12.3 Å². The zero-order valence-corrected chi connectivity index (χ0v) is 8.82. The smallest absolute Gasteiger partial charge is 0.120 e. The van der Waals surface area contributed by atoms with Crippen LogP contribution in [0.2, 0.25) is 0 Å². The zero-order chi connectivity index (χ0) is 10.5. The van der Waals surface area contributed by atoms with Gasteiger partial charge < -0.3 is 9.53 Å². The Labute approximate surface area is 90.3 Å². The molecule has 1 aromatic carbocycles. The monoisotopic (exact) mass is 204 g/mol. The molecule has 80 valence electrons. The lowest BCUT2D eigenvalue weighted by Crippen LogP contribution is -1.97. The second-order valence-electron chi connectivity index (χ2n) is 4.01. The van der Waals surface area contributed by atoms with E-state index in [2.05, 4.69) is 24.3 Å². The van der Waals surface area contributed by atoms with Crippen molar-refractivity contribution in [2.75, 3.05) is 13.2 Å². The molecule has 1 saturated heterocycles. The Kier molecular flexibility index (Phi) is 3.51. The van der Waals surface area contributed by atoms with Crippen molar-refractivity contribution < 1.29 is 9.53 Å². The minimum atomic E-state index is 0.574. The highest BCUT2D eigenvalue weighted by atomic mass is 16.5. The van der Waals surface area contributed by atoms with Crippen LogP contribution in [0.1, 0.15) is 29.9 Å². The number of aldehydes is 1. The Morgan fingerprint density at radius 2 is 2.13 bits per heavy atom. The molecule has 0 amide bonds. The van der Waals surface area contributed by atoms with Crippen LogP contribution in [0.25, 0.3) is 0 Å². The lowest BCUT2D eigenvalue weighted by molar-refractivity contribution is -0.107. The van der Waals surface area contributed by atoms with Crippen molar-refractivity contribution >= 4 is 6.29 Å². The Morgan fingerprint density at radius 1 is 1.33 bits per heavy atom. The predicted molar refractivity (Wildman–Crippen MR) is 59.0 cm³/mol. The van der Waals surface area contributed by atoms with E-state index in [1.165, 1.54) is 11.1 Å². The number of benzene rings is 1. The first-order chi connectivity index (χ1) is 7.40. The highest BCUT2D eigenvalue weighted by Crippen LogP contribution is 2.25. The minimum Gasteiger partial charge on any atom is -0.381 e. The number of hydrogen-bond donors (Lipinski definition) is 0. The summed E-state index contributed by atoms with van der Waals surface area (Å²) in [5, 5.41) is 0. The molecule has 0 aliphatic carbocycles. The second kappa shape index (κ2) is 5.08. The molecule has 0 bridgehead atoms. The Morgan fingerprint density at radius 3 is 2.73 bits per heavy atom. The third-order valence-electron chi connectivity index (χ3n) is 2.93. The van der Waals surface area contributed by atoms with Gasteiger partial charge in [0.1, 0.15) is 6.29 Å². The van der Waals surface area contributed by atoms with Gasteiger partial charge in [-0.1, -0.05) is 24.3 Å². The van der Waals surface area contributed by atoms with Gasteiger partial charge in [0.05, 0.1) is 6.61 Å². The molecule has 0 saturated carbocycles. The van der Waals surface area contributed by atoms with Gasteiger partial charge in [0, 0.05) is 18.9 Å². The fourth-order valence-corrected chi connectivity index (χ4v) is 1.98. The van der Waals surface area contributed by atoms with Gasteiger partial charge in [-0.25, -0.2) is 0 Å². The molecule has 2 nitrogen and oxygen atoms in total. The van der Waals surface area contributed by atoms with E-state index >= 15 is 0 Å². The lowest BCUT2D eigenvalue weighted by atomic mass is 9.97. The predicted octanol–water partition coefficient (Wildman–Crippen LogP) is 2.32. The van der Waals surface area contributed by atoms with Gasteiger partial charge in [0.2, 0.25) is 0 Å². The summed E-state index contributed by atoms with van der Waals surface area (Å²) < 4.78 is 5.36. The molecule has 1 aliphatic heterocycles. The minimum absolute atomic E-state index is 0.574. The van der Waals surface area contributed by atoms with E-state index in [1.54, 1.807) is 0 Å². The summed E-state index contributed by atoms with van der Waals surface area (Å²) in [6.45, 7) is 1.74. The van der Waals surface area contributed by atoms with Crippen molar-refractivity contribution in [2.24, 2.45) is 0 Å². The highest BCUT2D eigenvalue weighted by Gasteiger charge is 2.17. The van der Waals surface area contributed by atoms with E-state index in [4.69, 9.17) is 4.74 Å². The molecule has 1 unspecified atom stereocenters. The molecule has 0 spiro atoms. The molecule has 2 heteroatoms. The van der Waals surface area contributed by atoms with Crippen molar-refractivity contribution in [2.45, 2.75) is 25.2 Å². The van der Waals surface area contributed by atoms with E-state index in [1.807, 2.05) is 0 Å². The van der Waals surface area contributed by atoms with Crippen molar-refractivity contribution in [1.29, 1.82) is 0 Å². The first-order valence-corrected chi connectivity index (χ1v) is 5.50. The largest absolute Gasteiger partial charge is 0.381 e. The number of hydrogen-bond acceptors (Lipinski definition) is 2. The van der Waals surface area contributed by atoms with Crippen LogP contribution in [0.15, 0.2) is 24.3 Å². The molecular formula is C13H16O2. The lowest BCUT2D eigenvalue weighted by Gasteiger charge is -2.08. The molecule has 0 radical (unpaired) electrons. The molecule has 0 aromatic heterocycles. The topological polar surface area (TPSA) is 26.3 Å². The van der Waals surface area contributed by atoms with Gasteiger partial charge in [-0.3, -0.25) is 0 Å². The average molecular weight is 204 g/mol. The number of rotatable bonds is 4. The third kappa shape index (κ3) is 2.66. The van der Waals surface area contributed by atoms with Gasteiger partial charge in [-0.15, -0.1) is 0 Å². The third-order valence-corrected chi connectivity index (χ3v) is 2.93. The summed E-state index contributed by atoms with van der Waals surface area (Å²) in [5.74, 6) is 0.574. The van der Waals surface area contributed by atoms with Crippen LogP contribution in [0, 0.1) is 0 Å². The number of ether oxygens (including phenoxy) is 1. The van der Waals surface area contributed by atoms with Crippen molar-refractivity contribution in [3.05, 3.63) is 35.4 Å². The van der Waals surface area contributed by atoms with E-state index in [0.717, 1.165) is 32.3 Å². The van der Waals surface area contributed by atoms with Gasteiger partial charge in [-0.05, 0) is 24.0 Å². The Bertz CT molecular complexity index is 310. The van der Waals surface area contributed by atoms with Gasteiger partial charge in [0.15, 0.2) is 0 Å². The summed E-state index contributed by atoms with van der Waals surface area (Å²) in [6, 6.07) is 8.58. The molecule has 2 rings (SSSR count). The van der Waals surface area contributed by atoms with Crippen molar-refractivity contribution in [1.82, 2.24) is 0 Å². The van der Waals surface area contributed by atoms with Gasteiger partial charge in [0.25, 0.3) is 0 Å². The summed E-state index contributed by atoms with van der Waals surface area (Å²) >= 11 is 0. The summed E-state index contributed by atoms with van der Waals surface area (Å²) in [4.78, 5) is 10.2. The number of aryl methyl sites for hydroxylation is 1. The van der Waals surface area contributed by atoms with Crippen LogP contribution in [-0.4, -0.2) is 19.5 Å². The standard InChI is InChI=1S/C13H16O2/c14-8-1-2-11-3-5-12(6-4-11)13-7-9-15-10-13/h3-6,8,13H,1-2,7,9-10H2. The quantitative estimate of drug-likeness (QED) is 0.703. The van der Waals surface area contributed by atoms with Crippen LogP contribution in [0.5, 0.6) is 0 Å². The van der Waals surface area contributed by atoms with E-state index in [9.17, 15) is 4.79 Å². The summed E-state index contributed by atoms with van der Waals surface area (Å²) in [5.41, 5.74) is 2.60. The normalized spacial score (nSPS) is 20.4. The first kappa shape index (κ1) is 10.4. The fourth-order valence-electron chi connectivity index (χ4n) is 1.98. The molecule has 15 heavy (non-hydrogen) atoms. The second-order valence-corrected chi connectivity index (χ2v) is 4.01. The Balaban J connectivity index is 1.99. The molecule has 0 N–H and O–H groups in total. The molecule has 1 atom stereocenters. The van der Waals surface area contributed by atoms with Crippen LogP contribution in [0.4, 0.5) is 0 Å². The first-order valence-electron chi connectivity index (χ1n) is 5.50. The Hall–Kier alpha value is -1.15. The summed E-state index contributed by atoms with van der Waals surface area (Å²) in [6.07, 6.45) is 3.57. The molecule has 1 fully saturated rings. The number of carbonyl (C=O) groups is 1. The van der Waals surface area contributed by atoms with Crippen LogP contribution in [0.3, 0.4) is 0 Å². The molecular weight excluding hydrogens is 188 g/mol. The van der Waals surface area contributed by atoms with E-state index < -0.39 is 0 Å². The van der Waals surface area contributed by atoms with Gasteiger partial charge in [-0.2, -0.15) is 0 Å². The molecule has 1 aromatic rings. The van der Waals surface area contributed by atoms with Crippen LogP contribution < -0.4 is 0 Å². The maximum atomic E-state index is 10.2. The summed E-state index contributed by atoms with van der Waals surface area (Å²) in [7, 11) is 0. The SMILES string of the molecule is O=CCCc1ccc(C2CCOC2)cc1. The highest BCUT2D eigenvalue weighted by molar-refractivity contribution is 5.50. The maximum absolute atomic E-state index is 10.2. The van der Waals surface area contributed by atoms with Gasteiger partial charge >= 0.3 is 0 Å². The van der Waals surface area contributed by atoms with Crippen molar-refractivity contribution in [3.63, 3.8) is 0 Å². The molecule has 1 heterocycles.